The topological polar surface area (TPSA) is 118 Å². The first-order chi connectivity index (χ1) is 13.9. The summed E-state index contributed by atoms with van der Waals surface area (Å²) in [4.78, 5) is 28.1. The molecule has 0 atom stereocenters. The summed E-state index contributed by atoms with van der Waals surface area (Å²) >= 11 is 0. The third-order valence-corrected chi connectivity index (χ3v) is 5.56. The number of pyridine rings is 1. The fourth-order valence-corrected chi connectivity index (χ4v) is 3.78. The van der Waals surface area contributed by atoms with Crippen LogP contribution in [0.2, 0.25) is 0 Å². The van der Waals surface area contributed by atoms with Gasteiger partial charge in [-0.3, -0.25) is 14.6 Å². The van der Waals surface area contributed by atoms with Gasteiger partial charge in [0.1, 0.15) is 11.5 Å². The number of amides is 2. The number of furan rings is 1. The predicted molar refractivity (Wildman–Crippen MR) is 106 cm³/mol. The molecule has 0 aliphatic heterocycles. The van der Waals surface area contributed by atoms with Crippen LogP contribution < -0.4 is 10.6 Å². The second kappa shape index (κ2) is 9.16. The van der Waals surface area contributed by atoms with E-state index in [1.165, 1.54) is 30.5 Å². The van der Waals surface area contributed by atoms with Gasteiger partial charge in [-0.1, -0.05) is 18.2 Å². The number of aromatic nitrogens is 1. The average Bonchev–Trinajstić information content (AvgIpc) is 3.17. The minimum absolute atomic E-state index is 0.0177. The molecule has 3 rings (SSSR count). The monoisotopic (exact) mass is 413 g/mol. The minimum Gasteiger partial charge on any atom is -0.455 e. The molecule has 1 aromatic carbocycles. The summed E-state index contributed by atoms with van der Waals surface area (Å²) in [7, 11) is -3.57. The minimum atomic E-state index is -3.57. The van der Waals surface area contributed by atoms with Crippen molar-refractivity contribution in [3.05, 3.63) is 78.5 Å². The fourth-order valence-electron chi connectivity index (χ4n) is 2.51. The Labute approximate surface area is 167 Å². The van der Waals surface area contributed by atoms with Gasteiger partial charge in [-0.15, -0.1) is 0 Å². The average molecular weight is 413 g/mol. The van der Waals surface area contributed by atoms with E-state index < -0.39 is 15.7 Å². The third-order valence-electron chi connectivity index (χ3n) is 3.90. The number of carbonyl (C=O) groups excluding carboxylic acids is 2. The highest BCUT2D eigenvalue weighted by molar-refractivity contribution is 7.90. The number of sulfone groups is 1. The zero-order chi connectivity index (χ0) is 20.7. The van der Waals surface area contributed by atoms with Gasteiger partial charge in [0.05, 0.1) is 16.8 Å². The van der Waals surface area contributed by atoms with E-state index in [1.807, 2.05) is 0 Å². The number of hydrogen-bond donors (Lipinski definition) is 2. The maximum Gasteiger partial charge on any atom is 0.287 e. The Kier molecular flexibility index (Phi) is 6.40. The van der Waals surface area contributed by atoms with Gasteiger partial charge < -0.3 is 15.1 Å². The van der Waals surface area contributed by atoms with Gasteiger partial charge in [0.25, 0.3) is 5.91 Å². The van der Waals surface area contributed by atoms with Crippen molar-refractivity contribution >= 4 is 27.3 Å². The zero-order valence-corrected chi connectivity index (χ0v) is 16.2. The predicted octanol–water partition coefficient (Wildman–Crippen LogP) is 2.41. The van der Waals surface area contributed by atoms with Crippen molar-refractivity contribution < 1.29 is 22.4 Å². The van der Waals surface area contributed by atoms with Crippen LogP contribution in [0, 0.1) is 0 Å². The Morgan fingerprint density at radius 1 is 1.00 bits per heavy atom. The summed E-state index contributed by atoms with van der Waals surface area (Å²) in [6.07, 6.45) is 3.18. The molecule has 8 nitrogen and oxygen atoms in total. The van der Waals surface area contributed by atoms with Crippen LogP contribution in [0.4, 0.5) is 5.69 Å². The van der Waals surface area contributed by atoms with Crippen LogP contribution in [0.5, 0.6) is 0 Å². The summed E-state index contributed by atoms with van der Waals surface area (Å²) < 4.78 is 30.1. The van der Waals surface area contributed by atoms with Gasteiger partial charge in [0.2, 0.25) is 5.91 Å². The van der Waals surface area contributed by atoms with E-state index in [-0.39, 0.29) is 41.0 Å². The largest absolute Gasteiger partial charge is 0.455 e. The van der Waals surface area contributed by atoms with Crippen LogP contribution in [-0.2, 0) is 20.4 Å². The quantitative estimate of drug-likeness (QED) is 0.585. The van der Waals surface area contributed by atoms with Crippen molar-refractivity contribution in [3.63, 3.8) is 0 Å². The first-order valence-electron chi connectivity index (χ1n) is 8.79. The van der Waals surface area contributed by atoms with Crippen LogP contribution in [0.1, 0.15) is 22.7 Å². The SMILES string of the molecule is O=C(CCNC(=O)c1ccc(CS(=O)(=O)c2ccccc2)o1)Nc1cccnc1. The molecule has 0 aliphatic rings. The summed E-state index contributed by atoms with van der Waals surface area (Å²) in [5, 5.41) is 5.22. The van der Waals surface area contributed by atoms with E-state index >= 15 is 0 Å². The molecule has 0 unspecified atom stereocenters. The highest BCUT2D eigenvalue weighted by Crippen LogP contribution is 2.18. The van der Waals surface area contributed by atoms with Gasteiger partial charge >= 0.3 is 0 Å². The Balaban J connectivity index is 1.50. The molecule has 0 radical (unpaired) electrons. The molecule has 0 bridgehead atoms. The molecule has 150 valence electrons. The lowest BCUT2D eigenvalue weighted by Gasteiger charge is -2.05. The van der Waals surface area contributed by atoms with Crippen molar-refractivity contribution in [3.8, 4) is 0 Å². The molecule has 2 N–H and O–H groups in total. The molecular formula is C20H19N3O5S. The lowest BCUT2D eigenvalue weighted by Crippen LogP contribution is -2.27. The van der Waals surface area contributed by atoms with Crippen molar-refractivity contribution in [1.29, 1.82) is 0 Å². The highest BCUT2D eigenvalue weighted by Gasteiger charge is 2.19. The van der Waals surface area contributed by atoms with E-state index in [0.717, 1.165) is 0 Å². The molecule has 0 saturated carbocycles. The fraction of sp³-hybridized carbons (Fsp3) is 0.150. The number of carbonyl (C=O) groups is 2. The zero-order valence-electron chi connectivity index (χ0n) is 15.4. The summed E-state index contributed by atoms with van der Waals surface area (Å²) in [6.45, 7) is 0.100. The van der Waals surface area contributed by atoms with Crippen LogP contribution in [0.3, 0.4) is 0 Å². The first kappa shape index (κ1) is 20.3. The summed E-state index contributed by atoms with van der Waals surface area (Å²) in [5.74, 6) is -1.00. The highest BCUT2D eigenvalue weighted by atomic mass is 32.2. The van der Waals surface area contributed by atoms with Gasteiger partial charge in [-0.25, -0.2) is 8.42 Å². The van der Waals surface area contributed by atoms with Gasteiger partial charge in [-0.05, 0) is 36.4 Å². The molecule has 0 fully saturated rings. The standard InChI is InChI=1S/C20H19N3O5S/c24-19(23-15-5-4-11-21-13-15)10-12-22-20(25)18-9-8-16(28-18)14-29(26,27)17-6-2-1-3-7-17/h1-9,11,13H,10,12,14H2,(H,22,25)(H,23,24). The normalized spacial score (nSPS) is 11.0. The molecule has 2 amide bonds. The van der Waals surface area contributed by atoms with E-state index in [9.17, 15) is 18.0 Å². The van der Waals surface area contributed by atoms with Gasteiger partial charge in [0.15, 0.2) is 15.6 Å². The van der Waals surface area contributed by atoms with Crippen LogP contribution in [-0.4, -0.2) is 31.8 Å². The second-order valence-electron chi connectivity index (χ2n) is 6.13. The maximum absolute atomic E-state index is 12.4. The number of nitrogens with one attached hydrogen (secondary N) is 2. The van der Waals surface area contributed by atoms with Crippen molar-refractivity contribution in [2.75, 3.05) is 11.9 Å². The maximum atomic E-state index is 12.4. The lowest BCUT2D eigenvalue weighted by molar-refractivity contribution is -0.116. The van der Waals surface area contributed by atoms with Gasteiger partial charge in [-0.2, -0.15) is 0 Å². The number of nitrogens with zero attached hydrogens (tertiary/aromatic N) is 1. The number of benzene rings is 1. The van der Waals surface area contributed by atoms with Crippen molar-refractivity contribution in [1.82, 2.24) is 10.3 Å². The Morgan fingerprint density at radius 2 is 1.79 bits per heavy atom. The van der Waals surface area contributed by atoms with E-state index in [2.05, 4.69) is 15.6 Å². The molecule has 2 aromatic heterocycles. The molecule has 9 heteroatoms. The van der Waals surface area contributed by atoms with Crippen LogP contribution in [0.25, 0.3) is 0 Å². The number of rotatable bonds is 8. The second-order valence-corrected chi connectivity index (χ2v) is 8.12. The van der Waals surface area contributed by atoms with Crippen molar-refractivity contribution in [2.24, 2.45) is 0 Å². The molecular weight excluding hydrogens is 394 g/mol. The Bertz CT molecular complexity index is 1080. The molecule has 2 heterocycles. The number of anilines is 1. The van der Waals surface area contributed by atoms with E-state index in [4.69, 9.17) is 4.42 Å². The molecule has 0 saturated heterocycles. The molecule has 0 spiro atoms. The first-order valence-corrected chi connectivity index (χ1v) is 10.4. The molecule has 3 aromatic rings. The van der Waals surface area contributed by atoms with E-state index in [0.29, 0.717) is 5.69 Å². The molecule has 0 aliphatic carbocycles. The van der Waals surface area contributed by atoms with Crippen LogP contribution in [0.15, 0.2) is 76.3 Å². The molecule has 29 heavy (non-hydrogen) atoms. The smallest absolute Gasteiger partial charge is 0.287 e. The Morgan fingerprint density at radius 3 is 2.52 bits per heavy atom. The third kappa shape index (κ3) is 5.76. The Hall–Kier alpha value is -3.46. The van der Waals surface area contributed by atoms with E-state index in [1.54, 1.807) is 36.5 Å². The van der Waals surface area contributed by atoms with Gasteiger partial charge in [0, 0.05) is 19.2 Å². The number of hydrogen-bond acceptors (Lipinski definition) is 6. The lowest BCUT2D eigenvalue weighted by atomic mass is 10.3. The van der Waals surface area contributed by atoms with Crippen molar-refractivity contribution in [2.45, 2.75) is 17.1 Å². The summed E-state index contributed by atoms with van der Waals surface area (Å²) in [5.41, 5.74) is 0.569. The summed E-state index contributed by atoms with van der Waals surface area (Å²) in [6, 6.07) is 14.3. The van der Waals surface area contributed by atoms with Crippen LogP contribution >= 0.6 is 0 Å².